The molecule has 0 spiro atoms. The van der Waals surface area contributed by atoms with Crippen molar-refractivity contribution in [3.8, 4) is 11.5 Å². The van der Waals surface area contributed by atoms with E-state index in [-0.39, 0.29) is 30.9 Å². The van der Waals surface area contributed by atoms with Crippen LogP contribution in [0.4, 0.5) is 0 Å². The van der Waals surface area contributed by atoms with Gasteiger partial charge in [-0.3, -0.25) is 10.2 Å². The smallest absolute Gasteiger partial charge is 0.254 e. The van der Waals surface area contributed by atoms with Gasteiger partial charge < -0.3 is 25.3 Å². The molecule has 1 amide bonds. The first kappa shape index (κ1) is 19.6. The Balaban J connectivity index is 0.00000243. The second kappa shape index (κ2) is 8.55. The van der Waals surface area contributed by atoms with E-state index in [1.54, 1.807) is 30.3 Å². The number of ether oxygens (including phenoxy) is 3. The number of carbonyl (C=O) groups excluding carboxylic acids is 1. The van der Waals surface area contributed by atoms with Crippen LogP contribution in [0.25, 0.3) is 0 Å². The predicted octanol–water partition coefficient (Wildman–Crippen LogP) is 2.13. The van der Waals surface area contributed by atoms with E-state index < -0.39 is 6.10 Å². The lowest BCUT2D eigenvalue weighted by Gasteiger charge is -2.16. The molecule has 0 saturated carbocycles. The molecule has 7 nitrogen and oxygen atoms in total. The van der Waals surface area contributed by atoms with Crippen molar-refractivity contribution in [1.29, 1.82) is 5.41 Å². The Kier molecular flexibility index (Phi) is 6.43. The summed E-state index contributed by atoms with van der Waals surface area (Å²) in [5, 5.41) is 10.2. The molecule has 4 N–H and O–H groups in total. The number of amidine groups is 1. The van der Waals surface area contributed by atoms with Crippen LogP contribution in [0.3, 0.4) is 0 Å². The summed E-state index contributed by atoms with van der Waals surface area (Å²) in [5.74, 6) is 1.02. The fourth-order valence-electron chi connectivity index (χ4n) is 2.55. The molecule has 0 saturated heterocycles. The molecular weight excluding hydrogens is 358 g/mol. The van der Waals surface area contributed by atoms with Gasteiger partial charge in [0, 0.05) is 19.2 Å². The van der Waals surface area contributed by atoms with E-state index in [0.29, 0.717) is 29.2 Å². The van der Waals surface area contributed by atoms with Crippen molar-refractivity contribution >= 4 is 24.1 Å². The minimum absolute atomic E-state index is 0. The van der Waals surface area contributed by atoms with Gasteiger partial charge in [-0.25, -0.2) is 0 Å². The minimum Gasteiger partial charge on any atom is -0.454 e. The van der Waals surface area contributed by atoms with Gasteiger partial charge in [0.25, 0.3) is 5.91 Å². The van der Waals surface area contributed by atoms with E-state index in [0.717, 1.165) is 5.56 Å². The molecule has 2 aromatic rings. The summed E-state index contributed by atoms with van der Waals surface area (Å²) >= 11 is 0. The van der Waals surface area contributed by atoms with Crippen molar-refractivity contribution in [3.63, 3.8) is 0 Å². The molecule has 8 heteroatoms. The van der Waals surface area contributed by atoms with Gasteiger partial charge in [-0.05, 0) is 23.3 Å². The van der Waals surface area contributed by atoms with Crippen LogP contribution < -0.4 is 20.5 Å². The van der Waals surface area contributed by atoms with Gasteiger partial charge in [0.15, 0.2) is 17.6 Å². The van der Waals surface area contributed by atoms with Crippen LogP contribution in [0.2, 0.25) is 0 Å². The number of nitrogens with one attached hydrogen (secondary N) is 2. The summed E-state index contributed by atoms with van der Waals surface area (Å²) in [5.41, 5.74) is 7.66. The molecule has 0 aromatic heterocycles. The third-order valence-electron chi connectivity index (χ3n) is 3.90. The summed E-state index contributed by atoms with van der Waals surface area (Å²) in [6, 6.07) is 12.4. The molecule has 1 unspecified atom stereocenters. The Labute approximate surface area is 157 Å². The van der Waals surface area contributed by atoms with Crippen molar-refractivity contribution < 1.29 is 19.0 Å². The summed E-state index contributed by atoms with van der Waals surface area (Å²) in [7, 11) is 1.48. The number of carbonyl (C=O) groups is 1. The second-order valence-electron chi connectivity index (χ2n) is 5.56. The van der Waals surface area contributed by atoms with Crippen LogP contribution in [0.15, 0.2) is 42.5 Å². The molecule has 1 aliphatic heterocycles. The highest BCUT2D eigenvalue weighted by Crippen LogP contribution is 2.34. The molecule has 3 rings (SSSR count). The van der Waals surface area contributed by atoms with Gasteiger partial charge in [-0.2, -0.15) is 0 Å². The van der Waals surface area contributed by atoms with Gasteiger partial charge in [0.2, 0.25) is 6.79 Å². The first-order valence-corrected chi connectivity index (χ1v) is 7.72. The molecule has 0 bridgehead atoms. The standard InChI is InChI=1S/C18H19N3O4.ClH/c1-23-16(13-6-7-14-15(8-13)25-10-24-14)18(22)21-9-11-2-4-12(5-3-11)17(19)20;/h2-8,16H,9-10H2,1H3,(H3,19,20)(H,21,22);1H. The third kappa shape index (κ3) is 4.25. The van der Waals surface area contributed by atoms with Crippen LogP contribution in [0, 0.1) is 5.41 Å². The van der Waals surface area contributed by atoms with E-state index in [1.807, 2.05) is 12.1 Å². The maximum atomic E-state index is 12.5. The molecule has 1 atom stereocenters. The highest BCUT2D eigenvalue weighted by atomic mass is 35.5. The number of amides is 1. The predicted molar refractivity (Wildman–Crippen MR) is 98.9 cm³/mol. The summed E-state index contributed by atoms with van der Waals surface area (Å²) in [6.07, 6.45) is -0.744. The van der Waals surface area contributed by atoms with Crippen LogP contribution in [-0.4, -0.2) is 25.6 Å². The monoisotopic (exact) mass is 377 g/mol. The Morgan fingerprint density at radius 3 is 2.58 bits per heavy atom. The lowest BCUT2D eigenvalue weighted by Crippen LogP contribution is -2.30. The van der Waals surface area contributed by atoms with Crippen molar-refractivity contribution in [2.75, 3.05) is 13.9 Å². The zero-order valence-corrected chi connectivity index (χ0v) is 15.0. The number of methoxy groups -OCH3 is 1. The maximum absolute atomic E-state index is 12.5. The maximum Gasteiger partial charge on any atom is 0.254 e. The molecule has 0 aliphatic carbocycles. The van der Waals surface area contributed by atoms with Crippen LogP contribution in [-0.2, 0) is 16.1 Å². The number of halogens is 1. The van der Waals surface area contributed by atoms with E-state index >= 15 is 0 Å². The van der Waals surface area contributed by atoms with Crippen molar-refractivity contribution in [2.24, 2.45) is 5.73 Å². The molecule has 1 aliphatic rings. The molecule has 0 fully saturated rings. The molecule has 26 heavy (non-hydrogen) atoms. The zero-order valence-electron chi connectivity index (χ0n) is 14.2. The number of fused-ring (bicyclic) bond motifs is 1. The fraction of sp³-hybridized carbons (Fsp3) is 0.222. The van der Waals surface area contributed by atoms with Crippen LogP contribution in [0.5, 0.6) is 11.5 Å². The Bertz CT molecular complexity index is 796. The van der Waals surface area contributed by atoms with E-state index in [4.69, 9.17) is 25.4 Å². The Hall–Kier alpha value is -2.77. The number of rotatable bonds is 6. The zero-order chi connectivity index (χ0) is 17.8. The second-order valence-corrected chi connectivity index (χ2v) is 5.56. The fourth-order valence-corrected chi connectivity index (χ4v) is 2.55. The Morgan fingerprint density at radius 2 is 1.92 bits per heavy atom. The van der Waals surface area contributed by atoms with Crippen molar-refractivity contribution in [3.05, 3.63) is 59.2 Å². The van der Waals surface area contributed by atoms with Crippen molar-refractivity contribution in [1.82, 2.24) is 5.32 Å². The summed E-state index contributed by atoms with van der Waals surface area (Å²) in [4.78, 5) is 12.5. The SMILES string of the molecule is COC(C(=O)NCc1ccc(C(=N)N)cc1)c1ccc2c(c1)OCO2.Cl. The average molecular weight is 378 g/mol. The first-order chi connectivity index (χ1) is 12.1. The lowest BCUT2D eigenvalue weighted by molar-refractivity contribution is -0.131. The highest BCUT2D eigenvalue weighted by Gasteiger charge is 2.23. The average Bonchev–Trinajstić information content (AvgIpc) is 3.09. The van der Waals surface area contributed by atoms with Crippen molar-refractivity contribution in [2.45, 2.75) is 12.6 Å². The minimum atomic E-state index is -0.744. The summed E-state index contributed by atoms with van der Waals surface area (Å²) in [6.45, 7) is 0.528. The highest BCUT2D eigenvalue weighted by molar-refractivity contribution is 5.94. The molecule has 1 heterocycles. The first-order valence-electron chi connectivity index (χ1n) is 7.72. The lowest BCUT2D eigenvalue weighted by atomic mass is 10.1. The quantitative estimate of drug-likeness (QED) is 0.528. The van der Waals surface area contributed by atoms with Gasteiger partial charge in [-0.15, -0.1) is 12.4 Å². The van der Waals surface area contributed by atoms with Gasteiger partial charge in [0.1, 0.15) is 5.84 Å². The normalized spacial score (nSPS) is 12.8. The van der Waals surface area contributed by atoms with Gasteiger partial charge in [-0.1, -0.05) is 30.3 Å². The van der Waals surface area contributed by atoms with Crippen LogP contribution in [0.1, 0.15) is 22.8 Å². The number of nitrogens with two attached hydrogens (primary N) is 1. The molecule has 138 valence electrons. The van der Waals surface area contributed by atoms with Gasteiger partial charge >= 0.3 is 0 Å². The number of hydrogen-bond acceptors (Lipinski definition) is 5. The number of nitrogen functional groups attached to an aromatic ring is 1. The number of hydrogen-bond donors (Lipinski definition) is 3. The largest absolute Gasteiger partial charge is 0.454 e. The Morgan fingerprint density at radius 1 is 1.23 bits per heavy atom. The third-order valence-corrected chi connectivity index (χ3v) is 3.90. The van der Waals surface area contributed by atoms with E-state index in [9.17, 15) is 4.79 Å². The molecule has 2 aromatic carbocycles. The van der Waals surface area contributed by atoms with E-state index in [2.05, 4.69) is 5.32 Å². The summed E-state index contributed by atoms with van der Waals surface area (Å²) < 4.78 is 16.0. The van der Waals surface area contributed by atoms with Gasteiger partial charge in [0.05, 0.1) is 0 Å². The van der Waals surface area contributed by atoms with E-state index in [1.165, 1.54) is 7.11 Å². The molecular formula is C18H20ClN3O4. The topological polar surface area (TPSA) is 107 Å². The molecule has 0 radical (unpaired) electrons. The van der Waals surface area contributed by atoms with Crippen LogP contribution >= 0.6 is 12.4 Å². The number of benzene rings is 2.